The molecule has 2 amide bonds. The molecule has 0 aliphatic heterocycles. The topological polar surface area (TPSA) is 71.1 Å². The average Bonchev–Trinajstić information content (AvgIpc) is 3.10. The van der Waals surface area contributed by atoms with Gasteiger partial charge in [0.2, 0.25) is 0 Å². The molecule has 0 saturated heterocycles. The molecule has 0 spiro atoms. The van der Waals surface area contributed by atoms with Crippen molar-refractivity contribution in [1.82, 2.24) is 10.3 Å². The number of aryl methyl sites for hydroxylation is 2. The number of rotatable bonds is 7. The monoisotopic (exact) mass is 393 g/mol. The summed E-state index contributed by atoms with van der Waals surface area (Å²) >= 11 is 1.39. The van der Waals surface area contributed by atoms with Crippen molar-refractivity contribution in [3.8, 4) is 0 Å². The average molecular weight is 394 g/mol. The Bertz CT molecular complexity index is 967. The molecule has 2 N–H and O–H groups in total. The van der Waals surface area contributed by atoms with Crippen LogP contribution in [-0.2, 0) is 12.8 Å². The second kappa shape index (κ2) is 9.28. The van der Waals surface area contributed by atoms with Crippen molar-refractivity contribution in [3.05, 3.63) is 81.3 Å². The summed E-state index contributed by atoms with van der Waals surface area (Å²) in [7, 11) is 0. The normalized spacial score (nSPS) is 10.5. The Morgan fingerprint density at radius 1 is 1.00 bits per heavy atom. The lowest BCUT2D eigenvalue weighted by atomic mass is 10.1. The number of carbonyl (C=O) groups is 2. The Balaban J connectivity index is 1.67. The summed E-state index contributed by atoms with van der Waals surface area (Å²) in [5.74, 6) is -0.443. The molecular weight excluding hydrogens is 370 g/mol. The van der Waals surface area contributed by atoms with E-state index in [4.69, 9.17) is 0 Å². The molecule has 0 radical (unpaired) electrons. The van der Waals surface area contributed by atoms with Gasteiger partial charge in [-0.05, 0) is 37.5 Å². The number of carbonyl (C=O) groups excluding carboxylic acids is 2. The van der Waals surface area contributed by atoms with E-state index in [0.29, 0.717) is 28.4 Å². The summed E-state index contributed by atoms with van der Waals surface area (Å²) in [6.45, 7) is 4.36. The number of aromatic nitrogens is 1. The molecule has 3 aromatic rings. The summed E-state index contributed by atoms with van der Waals surface area (Å²) in [5, 5.41) is 6.72. The molecule has 0 unspecified atom stereocenters. The van der Waals surface area contributed by atoms with Gasteiger partial charge >= 0.3 is 0 Å². The number of nitrogens with zero attached hydrogens (tertiary/aromatic N) is 1. The number of thiazole rings is 1. The molecule has 3 rings (SSSR count). The molecule has 5 nitrogen and oxygen atoms in total. The highest BCUT2D eigenvalue weighted by Crippen LogP contribution is 2.22. The van der Waals surface area contributed by atoms with Gasteiger partial charge in [0, 0.05) is 6.54 Å². The fourth-order valence-corrected chi connectivity index (χ4v) is 3.74. The highest BCUT2D eigenvalue weighted by atomic mass is 32.1. The van der Waals surface area contributed by atoms with Crippen LogP contribution in [0.3, 0.4) is 0 Å². The van der Waals surface area contributed by atoms with E-state index in [2.05, 4.69) is 15.6 Å². The highest BCUT2D eigenvalue weighted by Gasteiger charge is 2.18. The molecular formula is C22H23N3O2S. The lowest BCUT2D eigenvalue weighted by molar-refractivity contribution is 0.0955. The van der Waals surface area contributed by atoms with E-state index in [1.807, 2.05) is 44.2 Å². The number of hydrogen-bond donors (Lipinski definition) is 2. The predicted octanol–water partition coefficient (Wildman–Crippen LogP) is 4.24. The van der Waals surface area contributed by atoms with Crippen molar-refractivity contribution >= 4 is 28.8 Å². The van der Waals surface area contributed by atoms with Gasteiger partial charge in [-0.25, -0.2) is 4.98 Å². The molecule has 0 bridgehead atoms. The highest BCUT2D eigenvalue weighted by molar-refractivity contribution is 7.13. The molecule has 0 aliphatic rings. The second-order valence-electron chi connectivity index (χ2n) is 6.37. The summed E-state index contributed by atoms with van der Waals surface area (Å²) in [6.07, 6.45) is 1.54. The van der Waals surface area contributed by atoms with Crippen LogP contribution in [0.15, 0.2) is 54.6 Å². The molecule has 28 heavy (non-hydrogen) atoms. The second-order valence-corrected chi connectivity index (χ2v) is 7.45. The van der Waals surface area contributed by atoms with Crippen LogP contribution >= 0.6 is 11.3 Å². The molecule has 0 atom stereocenters. The van der Waals surface area contributed by atoms with Crippen molar-refractivity contribution in [3.63, 3.8) is 0 Å². The first-order chi connectivity index (χ1) is 13.6. The maximum Gasteiger partial charge on any atom is 0.267 e. The van der Waals surface area contributed by atoms with E-state index in [0.717, 1.165) is 23.4 Å². The first-order valence-electron chi connectivity index (χ1n) is 9.27. The van der Waals surface area contributed by atoms with Crippen LogP contribution in [0.1, 0.15) is 43.2 Å². The van der Waals surface area contributed by atoms with Gasteiger partial charge < -0.3 is 10.6 Å². The predicted molar refractivity (Wildman–Crippen MR) is 113 cm³/mol. The van der Waals surface area contributed by atoms with Crippen LogP contribution in [0.25, 0.3) is 0 Å². The minimum Gasteiger partial charge on any atom is -0.352 e. The molecule has 1 aromatic heterocycles. The lowest BCUT2D eigenvalue weighted by Crippen LogP contribution is -2.27. The standard InChI is InChI=1S/C22H23N3O2S/c1-3-19-24-15(2)20(28-19)22(27)25-18-12-8-7-11-17(18)21(26)23-14-13-16-9-5-4-6-10-16/h4-12H,3,13-14H2,1-2H3,(H,23,26)(H,25,27). The zero-order valence-electron chi connectivity index (χ0n) is 16.0. The van der Waals surface area contributed by atoms with Gasteiger partial charge in [0.15, 0.2) is 0 Å². The molecule has 2 aromatic carbocycles. The number of nitrogens with one attached hydrogen (secondary N) is 2. The van der Waals surface area contributed by atoms with E-state index < -0.39 is 0 Å². The van der Waals surface area contributed by atoms with Gasteiger partial charge in [-0.3, -0.25) is 9.59 Å². The van der Waals surface area contributed by atoms with Gasteiger partial charge in [-0.1, -0.05) is 49.4 Å². The van der Waals surface area contributed by atoms with Crippen LogP contribution in [0.4, 0.5) is 5.69 Å². The molecule has 0 saturated carbocycles. The van der Waals surface area contributed by atoms with E-state index in [9.17, 15) is 9.59 Å². The Morgan fingerprint density at radius 2 is 1.71 bits per heavy atom. The van der Waals surface area contributed by atoms with E-state index in [1.54, 1.807) is 24.3 Å². The Morgan fingerprint density at radius 3 is 2.43 bits per heavy atom. The number of benzene rings is 2. The van der Waals surface area contributed by atoms with Crippen molar-refractivity contribution < 1.29 is 9.59 Å². The fourth-order valence-electron chi connectivity index (χ4n) is 2.84. The largest absolute Gasteiger partial charge is 0.352 e. The minimum absolute atomic E-state index is 0.206. The van der Waals surface area contributed by atoms with E-state index >= 15 is 0 Å². The summed E-state index contributed by atoms with van der Waals surface area (Å²) in [4.78, 5) is 30.3. The number of amides is 2. The third-order valence-corrected chi connectivity index (χ3v) is 5.61. The Hall–Kier alpha value is -2.99. The van der Waals surface area contributed by atoms with Gasteiger partial charge in [0.1, 0.15) is 4.88 Å². The van der Waals surface area contributed by atoms with Crippen LogP contribution in [-0.4, -0.2) is 23.3 Å². The number of anilines is 1. The van der Waals surface area contributed by atoms with Crippen molar-refractivity contribution in [2.24, 2.45) is 0 Å². The molecule has 144 valence electrons. The third kappa shape index (κ3) is 4.84. The first-order valence-corrected chi connectivity index (χ1v) is 10.1. The van der Waals surface area contributed by atoms with Crippen molar-refractivity contribution in [1.29, 1.82) is 0 Å². The molecule has 6 heteroatoms. The maximum atomic E-state index is 12.7. The lowest BCUT2D eigenvalue weighted by Gasteiger charge is -2.11. The van der Waals surface area contributed by atoms with Crippen LogP contribution in [0.5, 0.6) is 0 Å². The molecule has 0 fully saturated rings. The zero-order valence-corrected chi connectivity index (χ0v) is 16.8. The van der Waals surface area contributed by atoms with Gasteiger partial charge in [0.05, 0.1) is 22.0 Å². The summed E-state index contributed by atoms with van der Waals surface area (Å²) in [5.41, 5.74) is 2.82. The summed E-state index contributed by atoms with van der Waals surface area (Å²) in [6, 6.07) is 17.0. The first kappa shape index (κ1) is 19.8. The quantitative estimate of drug-likeness (QED) is 0.631. The Kier molecular flexibility index (Phi) is 6.55. The van der Waals surface area contributed by atoms with E-state index in [-0.39, 0.29) is 11.8 Å². The number of hydrogen-bond acceptors (Lipinski definition) is 4. The Labute approximate surface area is 168 Å². The SMILES string of the molecule is CCc1nc(C)c(C(=O)Nc2ccccc2C(=O)NCCc2ccccc2)s1. The number of para-hydroxylation sites is 1. The van der Waals surface area contributed by atoms with Gasteiger partial charge in [0.25, 0.3) is 11.8 Å². The van der Waals surface area contributed by atoms with Gasteiger partial charge in [-0.15, -0.1) is 11.3 Å². The maximum absolute atomic E-state index is 12.7. The van der Waals surface area contributed by atoms with Crippen molar-refractivity contribution in [2.75, 3.05) is 11.9 Å². The summed E-state index contributed by atoms with van der Waals surface area (Å²) < 4.78 is 0. The molecule has 0 aliphatic carbocycles. The fraction of sp³-hybridized carbons (Fsp3) is 0.227. The third-order valence-electron chi connectivity index (χ3n) is 4.31. The van der Waals surface area contributed by atoms with Crippen LogP contribution in [0.2, 0.25) is 0 Å². The van der Waals surface area contributed by atoms with Gasteiger partial charge in [-0.2, -0.15) is 0 Å². The van der Waals surface area contributed by atoms with E-state index in [1.165, 1.54) is 11.3 Å². The van der Waals surface area contributed by atoms with Crippen LogP contribution in [0, 0.1) is 6.92 Å². The van der Waals surface area contributed by atoms with Crippen molar-refractivity contribution in [2.45, 2.75) is 26.7 Å². The zero-order chi connectivity index (χ0) is 19.9. The smallest absolute Gasteiger partial charge is 0.267 e. The molecule has 1 heterocycles. The van der Waals surface area contributed by atoms with Crippen LogP contribution < -0.4 is 10.6 Å². The minimum atomic E-state index is -0.237.